The summed E-state index contributed by atoms with van der Waals surface area (Å²) in [6.45, 7) is 4.51. The molecule has 0 aromatic carbocycles. The number of aliphatic hydroxyl groups excluding tert-OH is 1. The Hall–Kier alpha value is -1.07. The lowest BCUT2D eigenvalue weighted by Gasteiger charge is -2.23. The number of thiophene rings is 1. The maximum atomic E-state index is 11.2. The topological polar surface area (TPSA) is 58.6 Å². The molecule has 1 heterocycles. The Balaban J connectivity index is 2.39. The van der Waals surface area contributed by atoms with Crippen molar-refractivity contribution in [2.75, 3.05) is 19.8 Å². The second-order valence-corrected chi connectivity index (χ2v) is 5.02. The molecular formula is C11H17NO3S. The third kappa shape index (κ3) is 3.83. The molecule has 1 aromatic heterocycles. The number of hydrogen-bond acceptors (Lipinski definition) is 4. The van der Waals surface area contributed by atoms with Crippen LogP contribution in [0.15, 0.2) is 17.5 Å². The molecule has 0 spiro atoms. The van der Waals surface area contributed by atoms with Gasteiger partial charge in [-0.15, -0.1) is 11.3 Å². The number of nitrogens with one attached hydrogen (secondary N) is 1. The number of aliphatic hydroxyl groups is 1. The summed E-state index contributed by atoms with van der Waals surface area (Å²) >= 11 is 1.67. The van der Waals surface area contributed by atoms with E-state index in [-0.39, 0.29) is 18.6 Å². The van der Waals surface area contributed by atoms with Gasteiger partial charge in [0.2, 0.25) is 0 Å². The summed E-state index contributed by atoms with van der Waals surface area (Å²) in [6.07, 6.45) is -0.487. The average Bonchev–Trinajstić information content (AvgIpc) is 2.77. The molecule has 1 amide bonds. The van der Waals surface area contributed by atoms with Gasteiger partial charge in [-0.2, -0.15) is 0 Å². The van der Waals surface area contributed by atoms with E-state index in [1.807, 2.05) is 17.5 Å². The van der Waals surface area contributed by atoms with Crippen molar-refractivity contribution in [2.45, 2.75) is 19.3 Å². The summed E-state index contributed by atoms with van der Waals surface area (Å²) in [5.74, 6) is 0. The quantitative estimate of drug-likeness (QED) is 0.828. The third-order valence-electron chi connectivity index (χ3n) is 2.19. The van der Waals surface area contributed by atoms with Crippen LogP contribution in [-0.2, 0) is 10.2 Å². The SMILES string of the molecule is CC(C)(CNC(=O)OCCO)c1cccs1. The van der Waals surface area contributed by atoms with Gasteiger partial charge < -0.3 is 15.2 Å². The number of rotatable bonds is 5. The van der Waals surface area contributed by atoms with Crippen LogP contribution in [0, 0.1) is 0 Å². The Bertz CT molecular complexity index is 322. The molecule has 0 saturated carbocycles. The molecule has 0 atom stereocenters. The Kier molecular flexibility index (Phi) is 4.76. The molecule has 4 nitrogen and oxygen atoms in total. The first kappa shape index (κ1) is 13.0. The normalized spacial score (nSPS) is 11.2. The van der Waals surface area contributed by atoms with Crippen molar-refractivity contribution in [1.82, 2.24) is 5.32 Å². The van der Waals surface area contributed by atoms with Crippen molar-refractivity contribution < 1.29 is 14.6 Å². The first-order valence-corrected chi connectivity index (χ1v) is 6.00. The fourth-order valence-corrected chi connectivity index (χ4v) is 2.09. The molecular weight excluding hydrogens is 226 g/mol. The van der Waals surface area contributed by atoms with Crippen molar-refractivity contribution >= 4 is 17.4 Å². The Labute approximate surface area is 99.2 Å². The summed E-state index contributed by atoms with van der Waals surface area (Å²) in [5, 5.41) is 13.2. The minimum Gasteiger partial charge on any atom is -0.447 e. The molecule has 1 aromatic rings. The smallest absolute Gasteiger partial charge is 0.407 e. The van der Waals surface area contributed by atoms with Crippen LogP contribution < -0.4 is 5.32 Å². The van der Waals surface area contributed by atoms with E-state index in [1.165, 1.54) is 4.88 Å². The van der Waals surface area contributed by atoms with Crippen LogP contribution in [0.3, 0.4) is 0 Å². The molecule has 90 valence electrons. The van der Waals surface area contributed by atoms with Crippen LogP contribution in [-0.4, -0.2) is 31.0 Å². The maximum Gasteiger partial charge on any atom is 0.407 e. The van der Waals surface area contributed by atoms with Crippen LogP contribution >= 0.6 is 11.3 Å². The van der Waals surface area contributed by atoms with E-state index in [9.17, 15) is 4.79 Å². The van der Waals surface area contributed by atoms with E-state index in [0.717, 1.165) is 0 Å². The van der Waals surface area contributed by atoms with Gasteiger partial charge in [0, 0.05) is 16.8 Å². The molecule has 5 heteroatoms. The molecule has 0 aliphatic rings. The summed E-state index contributed by atoms with van der Waals surface area (Å²) in [6, 6.07) is 4.04. The molecule has 0 aliphatic heterocycles. The second kappa shape index (κ2) is 5.86. The third-order valence-corrected chi connectivity index (χ3v) is 3.42. The molecule has 0 saturated heterocycles. The number of hydrogen-bond donors (Lipinski definition) is 2. The lowest BCUT2D eigenvalue weighted by atomic mass is 9.91. The fraction of sp³-hybridized carbons (Fsp3) is 0.545. The lowest BCUT2D eigenvalue weighted by molar-refractivity contribution is 0.118. The van der Waals surface area contributed by atoms with Gasteiger partial charge in [0.1, 0.15) is 6.61 Å². The highest BCUT2D eigenvalue weighted by atomic mass is 32.1. The van der Waals surface area contributed by atoms with E-state index in [1.54, 1.807) is 11.3 Å². The molecule has 0 unspecified atom stereocenters. The molecule has 0 aliphatic carbocycles. The summed E-state index contributed by atoms with van der Waals surface area (Å²) < 4.78 is 4.71. The van der Waals surface area contributed by atoms with E-state index < -0.39 is 6.09 Å². The highest BCUT2D eigenvalue weighted by Crippen LogP contribution is 2.26. The molecule has 0 radical (unpaired) electrons. The molecule has 0 fully saturated rings. The van der Waals surface area contributed by atoms with E-state index in [2.05, 4.69) is 19.2 Å². The van der Waals surface area contributed by atoms with E-state index >= 15 is 0 Å². The van der Waals surface area contributed by atoms with Gasteiger partial charge in [-0.3, -0.25) is 0 Å². The van der Waals surface area contributed by atoms with Crippen LogP contribution in [0.2, 0.25) is 0 Å². The molecule has 0 bridgehead atoms. The zero-order valence-electron chi connectivity index (χ0n) is 9.53. The first-order chi connectivity index (χ1) is 7.56. The van der Waals surface area contributed by atoms with Gasteiger partial charge in [0.25, 0.3) is 0 Å². The average molecular weight is 243 g/mol. The van der Waals surface area contributed by atoms with Crippen LogP contribution in [0.1, 0.15) is 18.7 Å². The number of ether oxygens (including phenoxy) is 1. The first-order valence-electron chi connectivity index (χ1n) is 5.12. The largest absolute Gasteiger partial charge is 0.447 e. The predicted octanol–water partition coefficient (Wildman–Crippen LogP) is 1.74. The highest BCUT2D eigenvalue weighted by molar-refractivity contribution is 7.10. The van der Waals surface area contributed by atoms with Gasteiger partial charge in [0.05, 0.1) is 6.61 Å². The van der Waals surface area contributed by atoms with Gasteiger partial charge in [-0.05, 0) is 11.4 Å². The predicted molar refractivity (Wildman–Crippen MR) is 63.8 cm³/mol. The summed E-state index contributed by atoms with van der Waals surface area (Å²) in [5.41, 5.74) is -0.105. The molecule has 1 rings (SSSR count). The van der Waals surface area contributed by atoms with Crippen molar-refractivity contribution in [3.8, 4) is 0 Å². The molecule has 16 heavy (non-hydrogen) atoms. The monoisotopic (exact) mass is 243 g/mol. The summed E-state index contributed by atoms with van der Waals surface area (Å²) in [7, 11) is 0. The summed E-state index contributed by atoms with van der Waals surface area (Å²) in [4.78, 5) is 12.4. The van der Waals surface area contributed by atoms with Gasteiger partial charge in [0.15, 0.2) is 0 Å². The Morgan fingerprint density at radius 3 is 2.94 bits per heavy atom. The Morgan fingerprint density at radius 1 is 1.62 bits per heavy atom. The highest BCUT2D eigenvalue weighted by Gasteiger charge is 2.22. The van der Waals surface area contributed by atoms with Crippen molar-refractivity contribution in [1.29, 1.82) is 0 Å². The number of carbonyl (C=O) groups is 1. The van der Waals surface area contributed by atoms with Crippen molar-refractivity contribution in [3.63, 3.8) is 0 Å². The van der Waals surface area contributed by atoms with Crippen molar-refractivity contribution in [2.24, 2.45) is 0 Å². The minimum absolute atomic E-state index is 0.0330. The second-order valence-electron chi connectivity index (χ2n) is 4.07. The van der Waals surface area contributed by atoms with Crippen LogP contribution in [0.4, 0.5) is 4.79 Å². The van der Waals surface area contributed by atoms with Gasteiger partial charge in [-0.25, -0.2) is 4.79 Å². The number of alkyl carbamates (subject to hydrolysis) is 1. The van der Waals surface area contributed by atoms with Gasteiger partial charge >= 0.3 is 6.09 Å². The van der Waals surface area contributed by atoms with Crippen molar-refractivity contribution in [3.05, 3.63) is 22.4 Å². The Morgan fingerprint density at radius 2 is 2.38 bits per heavy atom. The zero-order valence-corrected chi connectivity index (χ0v) is 10.3. The number of amides is 1. The minimum atomic E-state index is -0.487. The fourth-order valence-electron chi connectivity index (χ4n) is 1.23. The lowest BCUT2D eigenvalue weighted by Crippen LogP contribution is -2.36. The van der Waals surface area contributed by atoms with Crippen LogP contribution in [0.25, 0.3) is 0 Å². The standard InChI is InChI=1S/C11H17NO3S/c1-11(2,9-4-3-7-16-9)8-12-10(14)15-6-5-13/h3-4,7,13H,5-6,8H2,1-2H3,(H,12,14). The van der Waals surface area contributed by atoms with E-state index in [0.29, 0.717) is 6.54 Å². The van der Waals surface area contributed by atoms with Crippen LogP contribution in [0.5, 0.6) is 0 Å². The maximum absolute atomic E-state index is 11.2. The van der Waals surface area contributed by atoms with E-state index in [4.69, 9.17) is 9.84 Å². The molecule has 2 N–H and O–H groups in total. The number of carbonyl (C=O) groups excluding carboxylic acids is 1. The van der Waals surface area contributed by atoms with Gasteiger partial charge in [-0.1, -0.05) is 19.9 Å². The zero-order chi connectivity index (χ0) is 12.0.